The topological polar surface area (TPSA) is 36.4 Å². The first-order valence-corrected chi connectivity index (χ1v) is 9.51. The van der Waals surface area contributed by atoms with E-state index in [0.29, 0.717) is 17.3 Å². The molecule has 0 radical (unpaired) electrons. The number of hydrogen-bond donors (Lipinski definition) is 0. The first-order chi connectivity index (χ1) is 12.0. The number of nitrogens with zero attached hydrogens (tertiary/aromatic N) is 3. The zero-order valence-corrected chi connectivity index (χ0v) is 15.8. The van der Waals surface area contributed by atoms with E-state index in [0.717, 1.165) is 29.1 Å². The minimum absolute atomic E-state index is 0.0776. The van der Waals surface area contributed by atoms with Gasteiger partial charge in [-0.2, -0.15) is 0 Å². The van der Waals surface area contributed by atoms with E-state index in [1.54, 1.807) is 28.3 Å². The summed E-state index contributed by atoms with van der Waals surface area (Å²) >= 11 is 7.34. The highest BCUT2D eigenvalue weighted by molar-refractivity contribution is 7.20. The molecule has 3 heterocycles. The summed E-state index contributed by atoms with van der Waals surface area (Å²) in [6.45, 7) is 4.55. The van der Waals surface area contributed by atoms with Crippen molar-refractivity contribution >= 4 is 40.0 Å². The van der Waals surface area contributed by atoms with E-state index in [1.165, 1.54) is 11.3 Å². The molecule has 2 unspecified atom stereocenters. The number of halogens is 2. The molecule has 0 spiro atoms. The van der Waals surface area contributed by atoms with E-state index in [9.17, 15) is 9.18 Å². The van der Waals surface area contributed by atoms with Crippen molar-refractivity contribution in [2.45, 2.75) is 39.0 Å². The molecular formula is C18H21ClFN3OS. The maximum absolute atomic E-state index is 14.9. The third-order valence-electron chi connectivity index (χ3n) is 4.92. The number of hydrogen-bond acceptors (Lipinski definition) is 4. The summed E-state index contributed by atoms with van der Waals surface area (Å²) in [7, 11) is 0. The molecule has 1 aliphatic heterocycles. The van der Waals surface area contributed by atoms with Gasteiger partial charge >= 0.3 is 0 Å². The number of rotatable bonds is 5. The van der Waals surface area contributed by atoms with Crippen LogP contribution < -0.4 is 9.80 Å². The van der Waals surface area contributed by atoms with Crippen LogP contribution in [0.2, 0.25) is 4.34 Å². The van der Waals surface area contributed by atoms with Gasteiger partial charge in [-0.25, -0.2) is 4.39 Å². The van der Waals surface area contributed by atoms with Crippen LogP contribution >= 0.6 is 22.9 Å². The lowest BCUT2D eigenvalue weighted by Gasteiger charge is -2.41. The lowest BCUT2D eigenvalue weighted by Crippen LogP contribution is -2.47. The molecule has 3 atom stereocenters. The molecule has 0 aromatic carbocycles. The van der Waals surface area contributed by atoms with Gasteiger partial charge in [-0.1, -0.05) is 11.6 Å². The molecule has 0 saturated carbocycles. The van der Waals surface area contributed by atoms with Crippen LogP contribution in [0.4, 0.5) is 15.1 Å². The second-order valence-corrected chi connectivity index (χ2v) is 8.10. The van der Waals surface area contributed by atoms with Crippen molar-refractivity contribution in [1.82, 2.24) is 4.98 Å². The number of amides is 1. The average molecular weight is 382 g/mol. The Labute approximate surface area is 156 Å². The van der Waals surface area contributed by atoms with Crippen molar-refractivity contribution in [3.05, 3.63) is 40.5 Å². The van der Waals surface area contributed by atoms with Crippen LogP contribution in [0.15, 0.2) is 30.6 Å². The molecule has 1 saturated heterocycles. The Morgan fingerprint density at radius 1 is 1.48 bits per heavy atom. The lowest BCUT2D eigenvalue weighted by molar-refractivity contribution is -0.108. The first kappa shape index (κ1) is 18.1. The van der Waals surface area contributed by atoms with E-state index >= 15 is 0 Å². The summed E-state index contributed by atoms with van der Waals surface area (Å²) in [4.78, 5) is 19.1. The smallest absolute Gasteiger partial charge is 0.215 e. The highest BCUT2D eigenvalue weighted by Crippen LogP contribution is 2.36. The zero-order valence-electron chi connectivity index (χ0n) is 14.2. The molecule has 0 bridgehead atoms. The number of alkyl halides is 1. The number of thiophene rings is 1. The average Bonchev–Trinajstić information content (AvgIpc) is 3.02. The van der Waals surface area contributed by atoms with Gasteiger partial charge in [0.25, 0.3) is 0 Å². The van der Waals surface area contributed by atoms with Crippen LogP contribution in [-0.2, 0) is 4.79 Å². The van der Waals surface area contributed by atoms with Crippen molar-refractivity contribution in [2.24, 2.45) is 5.92 Å². The number of piperidine rings is 1. The van der Waals surface area contributed by atoms with Gasteiger partial charge in [0.15, 0.2) is 6.30 Å². The SMILES string of the molecule is Cc1cnccc1N1CCC([C@@H](C)N(C=O)c2ccc(Cl)s2)CC1F. The molecular weight excluding hydrogens is 361 g/mol. The highest BCUT2D eigenvalue weighted by Gasteiger charge is 2.34. The summed E-state index contributed by atoms with van der Waals surface area (Å²) in [5.74, 6) is 0.0967. The quantitative estimate of drug-likeness (QED) is 0.558. The number of carbonyl (C=O) groups is 1. The summed E-state index contributed by atoms with van der Waals surface area (Å²) < 4.78 is 15.5. The van der Waals surface area contributed by atoms with Gasteiger partial charge in [0.2, 0.25) is 6.41 Å². The van der Waals surface area contributed by atoms with Gasteiger partial charge in [0.1, 0.15) is 0 Å². The second kappa shape index (κ2) is 7.70. The fraction of sp³-hybridized carbons (Fsp3) is 0.444. The third kappa shape index (κ3) is 3.80. The number of aromatic nitrogens is 1. The maximum Gasteiger partial charge on any atom is 0.215 e. The molecule has 3 rings (SSSR count). The van der Waals surface area contributed by atoms with Gasteiger partial charge in [-0.15, -0.1) is 11.3 Å². The molecule has 1 aliphatic rings. The second-order valence-electron chi connectivity index (χ2n) is 6.41. The zero-order chi connectivity index (χ0) is 18.0. The van der Waals surface area contributed by atoms with Crippen molar-refractivity contribution in [1.29, 1.82) is 0 Å². The van der Waals surface area contributed by atoms with E-state index in [-0.39, 0.29) is 12.0 Å². The summed E-state index contributed by atoms with van der Waals surface area (Å²) in [5.41, 5.74) is 1.87. The standard InChI is InChI=1S/C18H21ClFN3OS/c1-12-10-21-7-5-15(12)22-8-6-14(9-17(22)20)13(2)23(11-24)18-4-3-16(19)25-18/h3-5,7,10-11,13-14,17H,6,8-9H2,1-2H3/t13-,14?,17?/m1/s1. The predicted octanol–water partition coefficient (Wildman–Crippen LogP) is 4.67. The third-order valence-corrected chi connectivity index (χ3v) is 6.17. The fourth-order valence-corrected chi connectivity index (χ4v) is 4.54. The Morgan fingerprint density at radius 3 is 2.88 bits per heavy atom. The van der Waals surface area contributed by atoms with E-state index in [2.05, 4.69) is 4.98 Å². The van der Waals surface area contributed by atoms with Crippen molar-refractivity contribution in [3.8, 4) is 0 Å². The molecule has 1 amide bonds. The molecule has 134 valence electrons. The summed E-state index contributed by atoms with van der Waals surface area (Å²) in [5, 5.41) is 0.801. The fourth-order valence-electron chi connectivity index (χ4n) is 3.46. The van der Waals surface area contributed by atoms with E-state index in [4.69, 9.17) is 11.6 Å². The molecule has 0 N–H and O–H groups in total. The van der Waals surface area contributed by atoms with Gasteiger partial charge < -0.3 is 9.80 Å². The monoisotopic (exact) mass is 381 g/mol. The molecule has 1 fully saturated rings. The normalized spacial score (nSPS) is 21.8. The van der Waals surface area contributed by atoms with E-state index < -0.39 is 6.30 Å². The van der Waals surface area contributed by atoms with Gasteiger partial charge in [0, 0.05) is 37.1 Å². The Hall–Kier alpha value is -1.66. The van der Waals surface area contributed by atoms with Crippen LogP contribution in [0.1, 0.15) is 25.3 Å². The Morgan fingerprint density at radius 2 is 2.28 bits per heavy atom. The molecule has 7 heteroatoms. The largest absolute Gasteiger partial charge is 0.342 e. The highest BCUT2D eigenvalue weighted by atomic mass is 35.5. The molecule has 2 aromatic heterocycles. The minimum Gasteiger partial charge on any atom is -0.342 e. The van der Waals surface area contributed by atoms with Crippen LogP contribution in [-0.4, -0.2) is 30.3 Å². The van der Waals surface area contributed by atoms with Gasteiger partial charge in [0.05, 0.1) is 9.34 Å². The number of pyridine rings is 1. The van der Waals surface area contributed by atoms with Crippen molar-refractivity contribution < 1.29 is 9.18 Å². The number of anilines is 2. The first-order valence-electron chi connectivity index (χ1n) is 8.31. The predicted molar refractivity (Wildman–Crippen MR) is 101 cm³/mol. The summed E-state index contributed by atoms with van der Waals surface area (Å²) in [6.07, 6.45) is 4.42. The minimum atomic E-state index is -1.07. The van der Waals surface area contributed by atoms with Gasteiger partial charge in [-0.05, 0) is 49.9 Å². The molecule has 4 nitrogen and oxygen atoms in total. The van der Waals surface area contributed by atoms with Crippen LogP contribution in [0, 0.1) is 12.8 Å². The molecule has 25 heavy (non-hydrogen) atoms. The Kier molecular flexibility index (Phi) is 5.59. The Balaban J connectivity index is 1.71. The summed E-state index contributed by atoms with van der Waals surface area (Å²) in [6, 6.07) is 5.39. The molecule has 0 aliphatic carbocycles. The maximum atomic E-state index is 14.9. The van der Waals surface area contributed by atoms with E-state index in [1.807, 2.05) is 26.0 Å². The van der Waals surface area contributed by atoms with Crippen LogP contribution in [0.3, 0.4) is 0 Å². The number of aryl methyl sites for hydroxylation is 1. The van der Waals surface area contributed by atoms with Crippen LogP contribution in [0.5, 0.6) is 0 Å². The van der Waals surface area contributed by atoms with Gasteiger partial charge in [-0.3, -0.25) is 9.78 Å². The van der Waals surface area contributed by atoms with Crippen molar-refractivity contribution in [3.63, 3.8) is 0 Å². The van der Waals surface area contributed by atoms with Crippen molar-refractivity contribution in [2.75, 3.05) is 16.3 Å². The Bertz CT molecular complexity index is 741. The van der Waals surface area contributed by atoms with Crippen LogP contribution in [0.25, 0.3) is 0 Å². The lowest BCUT2D eigenvalue weighted by atomic mass is 9.88. The molecule has 2 aromatic rings. The number of carbonyl (C=O) groups excluding carboxylic acids is 1.